The number of benzene rings is 2. The SMILES string of the molecule is [C-]#[N+]c1ccc(C(F)(F)F)c(-c2cccc3c2O[C@@H](CN)CO3)c1. The molecule has 0 bridgehead atoms. The largest absolute Gasteiger partial charge is 0.486 e. The first-order chi connectivity index (χ1) is 11.4. The minimum atomic E-state index is -4.55. The molecule has 4 nitrogen and oxygen atoms in total. The second-order valence-corrected chi connectivity index (χ2v) is 5.26. The maximum atomic E-state index is 13.4. The standard InChI is InChI=1S/C17H13F3N2O2/c1-22-10-5-6-14(17(18,19)20)13(7-10)12-3-2-4-15-16(12)24-11(8-21)9-23-15/h2-7,11H,8-9,21H2/t11-/m0/s1. The van der Waals surface area contributed by atoms with Crippen molar-refractivity contribution in [2.24, 2.45) is 5.73 Å². The second kappa shape index (κ2) is 6.06. The Bertz CT molecular complexity index is 812. The van der Waals surface area contributed by atoms with Crippen LogP contribution in [0.15, 0.2) is 36.4 Å². The maximum absolute atomic E-state index is 13.4. The molecule has 2 aromatic rings. The third-order valence-electron chi connectivity index (χ3n) is 3.68. The van der Waals surface area contributed by atoms with Crippen LogP contribution in [0.5, 0.6) is 11.5 Å². The molecular weight excluding hydrogens is 321 g/mol. The van der Waals surface area contributed by atoms with E-state index in [-0.39, 0.29) is 35.7 Å². The zero-order chi connectivity index (χ0) is 17.3. The van der Waals surface area contributed by atoms with Gasteiger partial charge in [0.05, 0.1) is 12.1 Å². The number of alkyl halides is 3. The number of ether oxygens (including phenoxy) is 2. The first kappa shape index (κ1) is 16.1. The number of hydrogen-bond acceptors (Lipinski definition) is 3. The Morgan fingerprint density at radius 1 is 1.21 bits per heavy atom. The van der Waals surface area contributed by atoms with Gasteiger partial charge in [-0.15, -0.1) is 0 Å². The van der Waals surface area contributed by atoms with Crippen LogP contribution in [0.2, 0.25) is 0 Å². The average molecular weight is 334 g/mol. The molecule has 2 N–H and O–H groups in total. The van der Waals surface area contributed by atoms with Crippen LogP contribution in [0.3, 0.4) is 0 Å². The Labute approximate surface area is 136 Å². The highest BCUT2D eigenvalue weighted by atomic mass is 19.4. The van der Waals surface area contributed by atoms with Gasteiger partial charge < -0.3 is 15.2 Å². The molecule has 0 radical (unpaired) electrons. The number of fused-ring (bicyclic) bond motifs is 1. The number of nitrogens with zero attached hydrogens (tertiary/aromatic N) is 1. The van der Waals surface area contributed by atoms with E-state index in [9.17, 15) is 13.2 Å². The fraction of sp³-hybridized carbons (Fsp3) is 0.235. The third kappa shape index (κ3) is 2.88. The molecule has 0 fully saturated rings. The summed E-state index contributed by atoms with van der Waals surface area (Å²) >= 11 is 0. The summed E-state index contributed by atoms with van der Waals surface area (Å²) in [6.45, 7) is 7.47. The van der Waals surface area contributed by atoms with Gasteiger partial charge in [0.2, 0.25) is 0 Å². The number of rotatable bonds is 2. The quantitative estimate of drug-likeness (QED) is 0.844. The lowest BCUT2D eigenvalue weighted by Gasteiger charge is -2.28. The number of para-hydroxylation sites is 1. The summed E-state index contributed by atoms with van der Waals surface area (Å²) in [5.74, 6) is 0.574. The Balaban J connectivity index is 2.22. The van der Waals surface area contributed by atoms with Crippen molar-refractivity contribution in [1.82, 2.24) is 0 Å². The van der Waals surface area contributed by atoms with E-state index in [2.05, 4.69) is 4.85 Å². The van der Waals surface area contributed by atoms with Crippen molar-refractivity contribution in [3.8, 4) is 22.6 Å². The number of nitrogens with two attached hydrogens (primary N) is 1. The van der Waals surface area contributed by atoms with Crippen molar-refractivity contribution in [3.63, 3.8) is 0 Å². The molecule has 0 saturated heterocycles. The molecule has 2 aromatic carbocycles. The summed E-state index contributed by atoms with van der Waals surface area (Å²) in [6, 6.07) is 7.99. The highest BCUT2D eigenvalue weighted by molar-refractivity contribution is 5.79. The molecule has 1 atom stereocenters. The smallest absolute Gasteiger partial charge is 0.416 e. The van der Waals surface area contributed by atoms with Crippen LogP contribution in [0.1, 0.15) is 5.56 Å². The van der Waals surface area contributed by atoms with Gasteiger partial charge in [0.1, 0.15) is 12.7 Å². The van der Waals surface area contributed by atoms with Gasteiger partial charge in [-0.05, 0) is 17.7 Å². The Morgan fingerprint density at radius 3 is 2.67 bits per heavy atom. The van der Waals surface area contributed by atoms with E-state index >= 15 is 0 Å². The summed E-state index contributed by atoms with van der Waals surface area (Å²) in [4.78, 5) is 3.21. The van der Waals surface area contributed by atoms with Crippen LogP contribution in [-0.2, 0) is 6.18 Å². The average Bonchev–Trinajstić information content (AvgIpc) is 2.59. The van der Waals surface area contributed by atoms with Gasteiger partial charge in [-0.1, -0.05) is 24.3 Å². The van der Waals surface area contributed by atoms with E-state index in [0.717, 1.165) is 12.1 Å². The van der Waals surface area contributed by atoms with Gasteiger partial charge in [-0.3, -0.25) is 0 Å². The minimum absolute atomic E-state index is 0.114. The molecule has 124 valence electrons. The highest BCUT2D eigenvalue weighted by Crippen LogP contribution is 2.46. The molecule has 7 heteroatoms. The first-order valence-electron chi connectivity index (χ1n) is 7.15. The molecule has 1 aliphatic rings. The van der Waals surface area contributed by atoms with Crippen molar-refractivity contribution in [1.29, 1.82) is 0 Å². The number of halogens is 3. The third-order valence-corrected chi connectivity index (χ3v) is 3.68. The zero-order valence-electron chi connectivity index (χ0n) is 12.4. The van der Waals surface area contributed by atoms with E-state index < -0.39 is 17.8 Å². The predicted octanol–water partition coefficient (Wildman–Crippen LogP) is 4.02. The molecule has 0 aromatic heterocycles. The monoisotopic (exact) mass is 334 g/mol. The molecule has 3 rings (SSSR count). The number of hydrogen-bond donors (Lipinski definition) is 1. The van der Waals surface area contributed by atoms with E-state index in [1.54, 1.807) is 12.1 Å². The fourth-order valence-corrected chi connectivity index (χ4v) is 2.53. The van der Waals surface area contributed by atoms with Crippen molar-refractivity contribution in [2.45, 2.75) is 12.3 Å². The van der Waals surface area contributed by atoms with Crippen LogP contribution in [0, 0.1) is 6.57 Å². The van der Waals surface area contributed by atoms with E-state index in [4.69, 9.17) is 21.8 Å². The maximum Gasteiger partial charge on any atom is 0.416 e. The topological polar surface area (TPSA) is 48.8 Å². The molecule has 0 amide bonds. The van der Waals surface area contributed by atoms with Crippen LogP contribution < -0.4 is 15.2 Å². The van der Waals surface area contributed by atoms with Crippen LogP contribution in [0.25, 0.3) is 16.0 Å². The lowest BCUT2D eigenvalue weighted by atomic mass is 9.97. The molecule has 0 unspecified atom stereocenters. The summed E-state index contributed by atoms with van der Waals surface area (Å²) in [6.07, 6.45) is -4.99. The summed E-state index contributed by atoms with van der Waals surface area (Å²) < 4.78 is 51.4. The van der Waals surface area contributed by atoms with Gasteiger partial charge in [0, 0.05) is 12.1 Å². The van der Waals surface area contributed by atoms with Crippen LogP contribution >= 0.6 is 0 Å². The summed E-state index contributed by atoms with van der Waals surface area (Å²) in [5, 5.41) is 0. The lowest BCUT2D eigenvalue weighted by Crippen LogP contribution is -2.35. The molecular formula is C17H13F3N2O2. The Morgan fingerprint density at radius 2 is 2.00 bits per heavy atom. The van der Waals surface area contributed by atoms with Crippen molar-refractivity contribution >= 4 is 5.69 Å². The van der Waals surface area contributed by atoms with E-state index in [1.807, 2.05) is 0 Å². The first-order valence-corrected chi connectivity index (χ1v) is 7.15. The molecule has 1 heterocycles. The van der Waals surface area contributed by atoms with E-state index in [0.29, 0.717) is 5.75 Å². The normalized spacial score (nSPS) is 16.5. The van der Waals surface area contributed by atoms with Crippen molar-refractivity contribution in [3.05, 3.63) is 53.4 Å². The van der Waals surface area contributed by atoms with Gasteiger partial charge in [-0.25, -0.2) is 4.85 Å². The fourth-order valence-electron chi connectivity index (χ4n) is 2.53. The molecule has 24 heavy (non-hydrogen) atoms. The summed E-state index contributed by atoms with van der Waals surface area (Å²) in [7, 11) is 0. The molecule has 0 saturated carbocycles. The van der Waals surface area contributed by atoms with Gasteiger partial charge in [0.15, 0.2) is 17.2 Å². The van der Waals surface area contributed by atoms with Gasteiger partial charge in [0.25, 0.3) is 0 Å². The zero-order valence-corrected chi connectivity index (χ0v) is 12.4. The Kier molecular flexibility index (Phi) is 4.08. The lowest BCUT2D eigenvalue weighted by molar-refractivity contribution is -0.137. The van der Waals surface area contributed by atoms with Crippen molar-refractivity contribution < 1.29 is 22.6 Å². The van der Waals surface area contributed by atoms with Crippen molar-refractivity contribution in [2.75, 3.05) is 13.2 Å². The minimum Gasteiger partial charge on any atom is -0.486 e. The van der Waals surface area contributed by atoms with E-state index in [1.165, 1.54) is 12.1 Å². The highest BCUT2D eigenvalue weighted by Gasteiger charge is 2.35. The van der Waals surface area contributed by atoms with Crippen LogP contribution in [-0.4, -0.2) is 19.3 Å². The van der Waals surface area contributed by atoms with Gasteiger partial charge in [-0.2, -0.15) is 13.2 Å². The molecule has 1 aliphatic heterocycles. The summed E-state index contributed by atoms with van der Waals surface area (Å²) in [5.41, 5.74) is 4.96. The molecule has 0 aliphatic carbocycles. The van der Waals surface area contributed by atoms with Crippen LogP contribution in [0.4, 0.5) is 18.9 Å². The van der Waals surface area contributed by atoms with Gasteiger partial charge >= 0.3 is 6.18 Å². The molecule has 0 spiro atoms. The second-order valence-electron chi connectivity index (χ2n) is 5.26. The Hall–Kier alpha value is -2.72. The predicted molar refractivity (Wildman–Crippen MR) is 82.1 cm³/mol.